The maximum absolute atomic E-state index is 9.85. The zero-order chi connectivity index (χ0) is 19.2. The molecule has 0 fully saturated rings. The number of hydrogen-bond acceptors (Lipinski definition) is 5. The van der Waals surface area contributed by atoms with Gasteiger partial charge in [0.1, 0.15) is 5.76 Å². The van der Waals surface area contributed by atoms with Crippen molar-refractivity contribution in [3.63, 3.8) is 0 Å². The number of phenols is 1. The molecule has 0 amide bonds. The van der Waals surface area contributed by atoms with E-state index in [0.717, 1.165) is 17.9 Å². The second-order valence-electron chi connectivity index (χ2n) is 6.92. The van der Waals surface area contributed by atoms with Crippen molar-refractivity contribution in [2.75, 3.05) is 13.7 Å². The topological polar surface area (TPSA) is 91.9 Å². The van der Waals surface area contributed by atoms with Gasteiger partial charge in [-0.05, 0) is 24.6 Å². The number of hydrogen-bond donors (Lipinski definition) is 3. The molecule has 2 rings (SSSR count). The van der Waals surface area contributed by atoms with E-state index in [2.05, 4.69) is 41.4 Å². The van der Waals surface area contributed by atoms with E-state index in [4.69, 9.17) is 9.15 Å². The van der Waals surface area contributed by atoms with E-state index >= 15 is 0 Å². The van der Waals surface area contributed by atoms with Crippen molar-refractivity contribution in [1.29, 1.82) is 0 Å². The van der Waals surface area contributed by atoms with Gasteiger partial charge in [-0.3, -0.25) is 0 Å². The molecule has 7 heteroatoms. The predicted octanol–water partition coefficient (Wildman–Crippen LogP) is 2.94. The monoisotopic (exact) mass is 360 g/mol. The number of oxazole rings is 1. The molecule has 0 bridgehead atoms. The summed E-state index contributed by atoms with van der Waals surface area (Å²) in [6.07, 6.45) is 1.77. The molecular weight excluding hydrogens is 332 g/mol. The maximum Gasteiger partial charge on any atom is 0.213 e. The molecule has 0 spiro atoms. The van der Waals surface area contributed by atoms with Crippen molar-refractivity contribution in [2.24, 2.45) is 4.99 Å². The Balaban J connectivity index is 2.00. The van der Waals surface area contributed by atoms with E-state index in [1.165, 1.54) is 7.11 Å². The van der Waals surface area contributed by atoms with Crippen LogP contribution >= 0.6 is 0 Å². The van der Waals surface area contributed by atoms with E-state index in [1.807, 2.05) is 13.0 Å². The van der Waals surface area contributed by atoms with Gasteiger partial charge in [-0.1, -0.05) is 26.8 Å². The number of rotatable bonds is 6. The fourth-order valence-corrected chi connectivity index (χ4v) is 2.24. The van der Waals surface area contributed by atoms with Crippen LogP contribution in [0.5, 0.6) is 11.5 Å². The van der Waals surface area contributed by atoms with Gasteiger partial charge in [0.25, 0.3) is 0 Å². The Bertz CT molecular complexity index is 747. The molecule has 0 radical (unpaired) electrons. The number of nitrogens with one attached hydrogen (secondary N) is 2. The van der Waals surface area contributed by atoms with Gasteiger partial charge < -0.3 is 24.9 Å². The first-order valence-corrected chi connectivity index (χ1v) is 8.66. The van der Waals surface area contributed by atoms with Crippen molar-refractivity contribution in [3.8, 4) is 11.5 Å². The summed E-state index contributed by atoms with van der Waals surface area (Å²) >= 11 is 0. The van der Waals surface area contributed by atoms with E-state index in [9.17, 15) is 5.11 Å². The highest BCUT2D eigenvalue weighted by Gasteiger charge is 2.19. The van der Waals surface area contributed by atoms with Crippen LogP contribution in [0.3, 0.4) is 0 Å². The molecule has 0 aliphatic carbocycles. The minimum Gasteiger partial charge on any atom is -0.504 e. The fourth-order valence-electron chi connectivity index (χ4n) is 2.24. The number of aromatic hydroxyl groups is 1. The van der Waals surface area contributed by atoms with Crippen LogP contribution in [0.25, 0.3) is 0 Å². The molecular formula is C19H28N4O3. The molecule has 0 aliphatic rings. The van der Waals surface area contributed by atoms with Crippen LogP contribution in [0.15, 0.2) is 33.8 Å². The minimum atomic E-state index is -0.0692. The Morgan fingerprint density at radius 3 is 2.65 bits per heavy atom. The maximum atomic E-state index is 9.85. The first-order valence-electron chi connectivity index (χ1n) is 8.66. The summed E-state index contributed by atoms with van der Waals surface area (Å²) < 4.78 is 10.8. The molecule has 2 aromatic rings. The summed E-state index contributed by atoms with van der Waals surface area (Å²) in [4.78, 5) is 8.83. The first-order chi connectivity index (χ1) is 12.3. The third-order valence-electron chi connectivity index (χ3n) is 3.71. The van der Waals surface area contributed by atoms with Crippen molar-refractivity contribution < 1.29 is 14.3 Å². The average molecular weight is 360 g/mol. The molecule has 0 aliphatic heterocycles. The molecule has 142 valence electrons. The molecule has 0 unspecified atom stereocenters. The van der Waals surface area contributed by atoms with Gasteiger partial charge in [0.2, 0.25) is 5.89 Å². The average Bonchev–Trinajstić information content (AvgIpc) is 3.07. The second kappa shape index (κ2) is 8.60. The number of guanidine groups is 1. The number of phenolic OH excluding ortho intramolecular Hbond substituents is 1. The highest BCUT2D eigenvalue weighted by molar-refractivity contribution is 5.79. The van der Waals surface area contributed by atoms with Crippen molar-refractivity contribution in [1.82, 2.24) is 15.6 Å². The number of benzene rings is 1. The molecule has 0 saturated heterocycles. The lowest BCUT2D eigenvalue weighted by atomic mass is 9.94. The number of ether oxygens (including phenoxy) is 1. The van der Waals surface area contributed by atoms with Crippen LogP contribution in [0, 0.1) is 0 Å². The lowest BCUT2D eigenvalue weighted by Crippen LogP contribution is -2.36. The van der Waals surface area contributed by atoms with Crippen LogP contribution in [-0.4, -0.2) is 29.7 Å². The SMILES string of the molecule is CCNC(=NCc1ccc(OC)c(O)c1)NCc1ncc(C(C)(C)C)o1. The summed E-state index contributed by atoms with van der Waals surface area (Å²) in [6, 6.07) is 5.24. The van der Waals surface area contributed by atoms with Gasteiger partial charge in [0.15, 0.2) is 17.5 Å². The van der Waals surface area contributed by atoms with Crippen LogP contribution < -0.4 is 15.4 Å². The lowest BCUT2D eigenvalue weighted by Gasteiger charge is -2.13. The largest absolute Gasteiger partial charge is 0.504 e. The van der Waals surface area contributed by atoms with Gasteiger partial charge in [0, 0.05) is 12.0 Å². The molecule has 3 N–H and O–H groups in total. The Morgan fingerprint density at radius 2 is 2.08 bits per heavy atom. The number of aliphatic imine (C=N–C) groups is 1. The lowest BCUT2D eigenvalue weighted by molar-refractivity contribution is 0.373. The van der Waals surface area contributed by atoms with Gasteiger partial charge in [-0.15, -0.1) is 0 Å². The Hall–Kier alpha value is -2.70. The Labute approximate surface area is 154 Å². The van der Waals surface area contributed by atoms with Gasteiger partial charge in [-0.25, -0.2) is 9.98 Å². The molecule has 1 heterocycles. The van der Waals surface area contributed by atoms with E-state index in [0.29, 0.717) is 30.7 Å². The number of nitrogens with zero attached hydrogens (tertiary/aromatic N) is 2. The van der Waals surface area contributed by atoms with E-state index in [-0.39, 0.29) is 11.2 Å². The van der Waals surface area contributed by atoms with E-state index < -0.39 is 0 Å². The summed E-state index contributed by atoms with van der Waals surface area (Å²) in [5, 5.41) is 16.2. The summed E-state index contributed by atoms with van der Waals surface area (Å²) in [5.41, 5.74) is 0.812. The number of methoxy groups -OCH3 is 1. The van der Waals surface area contributed by atoms with Gasteiger partial charge in [-0.2, -0.15) is 0 Å². The van der Waals surface area contributed by atoms with Crippen LogP contribution in [0.2, 0.25) is 0 Å². The normalized spacial score (nSPS) is 12.1. The molecule has 0 saturated carbocycles. The molecule has 7 nitrogen and oxygen atoms in total. The van der Waals surface area contributed by atoms with Crippen LogP contribution in [0.4, 0.5) is 0 Å². The molecule has 26 heavy (non-hydrogen) atoms. The molecule has 1 aromatic carbocycles. The summed E-state index contributed by atoms with van der Waals surface area (Å²) in [6.45, 7) is 9.85. The molecule has 1 aromatic heterocycles. The zero-order valence-electron chi connectivity index (χ0n) is 16.1. The summed E-state index contributed by atoms with van der Waals surface area (Å²) in [5.74, 6) is 2.67. The Kier molecular flexibility index (Phi) is 6.49. The smallest absolute Gasteiger partial charge is 0.213 e. The zero-order valence-corrected chi connectivity index (χ0v) is 16.1. The number of aromatic nitrogens is 1. The van der Waals surface area contributed by atoms with Crippen LogP contribution in [0.1, 0.15) is 44.9 Å². The van der Waals surface area contributed by atoms with Gasteiger partial charge in [0.05, 0.1) is 26.4 Å². The second-order valence-corrected chi connectivity index (χ2v) is 6.92. The van der Waals surface area contributed by atoms with Crippen molar-refractivity contribution in [2.45, 2.75) is 46.2 Å². The van der Waals surface area contributed by atoms with E-state index in [1.54, 1.807) is 18.3 Å². The fraction of sp³-hybridized carbons (Fsp3) is 0.474. The standard InChI is InChI=1S/C19H28N4O3/c1-6-20-18(22-10-13-7-8-15(25-5)14(24)9-13)23-12-17-21-11-16(26-17)19(2,3)4/h7-9,11,24H,6,10,12H2,1-5H3,(H2,20,22,23). The Morgan fingerprint density at radius 1 is 1.31 bits per heavy atom. The van der Waals surface area contributed by atoms with Gasteiger partial charge >= 0.3 is 0 Å². The minimum absolute atomic E-state index is 0.0692. The predicted molar refractivity (Wildman–Crippen MR) is 102 cm³/mol. The highest BCUT2D eigenvalue weighted by Crippen LogP contribution is 2.26. The van der Waals surface area contributed by atoms with Crippen molar-refractivity contribution in [3.05, 3.63) is 41.6 Å². The van der Waals surface area contributed by atoms with Crippen LogP contribution in [-0.2, 0) is 18.5 Å². The quantitative estimate of drug-likeness (QED) is 0.542. The van der Waals surface area contributed by atoms with Crippen molar-refractivity contribution >= 4 is 5.96 Å². The third-order valence-corrected chi connectivity index (χ3v) is 3.71. The third kappa shape index (κ3) is 5.40. The molecule has 0 atom stereocenters. The first kappa shape index (κ1) is 19.6. The highest BCUT2D eigenvalue weighted by atomic mass is 16.5. The summed E-state index contributed by atoms with van der Waals surface area (Å²) in [7, 11) is 1.52.